The van der Waals surface area contributed by atoms with Gasteiger partial charge >= 0.3 is 5.97 Å². The lowest BCUT2D eigenvalue weighted by Gasteiger charge is -2.17. The molecule has 0 fully saturated rings. The van der Waals surface area contributed by atoms with E-state index in [1.807, 2.05) is 0 Å². The van der Waals surface area contributed by atoms with Crippen LogP contribution in [0.25, 0.3) is 0 Å². The minimum Gasteiger partial charge on any atom is -0.452 e. The number of carbonyl (C=O) groups excluding carboxylic acids is 3. The van der Waals surface area contributed by atoms with E-state index in [0.717, 1.165) is 18.2 Å². The zero-order valence-electron chi connectivity index (χ0n) is 15.4. The van der Waals surface area contributed by atoms with E-state index in [1.54, 1.807) is 37.3 Å². The van der Waals surface area contributed by atoms with E-state index in [1.165, 1.54) is 6.92 Å². The molecule has 2 aromatic rings. The maximum absolute atomic E-state index is 13.6. The summed E-state index contributed by atoms with van der Waals surface area (Å²) in [6, 6.07) is 11.1. The molecule has 2 N–H and O–H groups in total. The number of ether oxygens (including phenoxy) is 1. The molecule has 2 rings (SSSR count). The number of para-hydroxylation sites is 1. The summed E-state index contributed by atoms with van der Waals surface area (Å²) in [6.45, 7) is 2.89. The molecule has 0 aliphatic rings. The van der Waals surface area contributed by atoms with Crippen molar-refractivity contribution in [3.8, 4) is 0 Å². The molecule has 2 amide bonds. The molecule has 0 saturated carbocycles. The molecule has 28 heavy (non-hydrogen) atoms. The molecule has 2 aromatic carbocycles. The Morgan fingerprint density at radius 3 is 2.18 bits per heavy atom. The molecule has 148 valence electrons. The summed E-state index contributed by atoms with van der Waals surface area (Å²) in [5, 5.41) is 4.70. The van der Waals surface area contributed by atoms with Gasteiger partial charge in [0.1, 0.15) is 17.3 Å². The minimum absolute atomic E-state index is 0.176. The largest absolute Gasteiger partial charge is 0.452 e. The first kappa shape index (κ1) is 21.0. The molecule has 6 nitrogen and oxygen atoms in total. The third-order valence-electron chi connectivity index (χ3n) is 3.77. The Morgan fingerprint density at radius 1 is 0.964 bits per heavy atom. The third kappa shape index (κ3) is 5.87. The van der Waals surface area contributed by atoms with E-state index < -0.39 is 41.3 Å². The number of anilines is 1. The van der Waals surface area contributed by atoms with Crippen LogP contribution in [-0.4, -0.2) is 29.9 Å². The molecule has 0 bridgehead atoms. The second-order valence-electron chi connectivity index (χ2n) is 6.16. The fourth-order valence-electron chi connectivity index (χ4n) is 2.34. The van der Waals surface area contributed by atoms with Crippen LogP contribution in [0.4, 0.5) is 14.5 Å². The zero-order valence-corrected chi connectivity index (χ0v) is 15.4. The van der Waals surface area contributed by atoms with Gasteiger partial charge in [0, 0.05) is 11.6 Å². The number of benzene rings is 2. The lowest BCUT2D eigenvalue weighted by molar-refractivity contribution is -0.153. The summed E-state index contributed by atoms with van der Waals surface area (Å²) in [4.78, 5) is 36.0. The summed E-state index contributed by atoms with van der Waals surface area (Å²) in [6.07, 6.45) is -1.45. The molecular weight excluding hydrogens is 370 g/mol. The predicted molar refractivity (Wildman–Crippen MR) is 98.5 cm³/mol. The summed E-state index contributed by atoms with van der Waals surface area (Å²) in [5.41, 5.74) is -0.165. The average molecular weight is 390 g/mol. The zero-order chi connectivity index (χ0) is 20.7. The topological polar surface area (TPSA) is 84.5 Å². The van der Waals surface area contributed by atoms with Crippen LogP contribution in [0.1, 0.15) is 30.6 Å². The lowest BCUT2D eigenvalue weighted by atomic mass is 10.2. The molecule has 0 aliphatic heterocycles. The van der Waals surface area contributed by atoms with Crippen LogP contribution in [0.2, 0.25) is 0 Å². The Kier molecular flexibility index (Phi) is 7.20. The van der Waals surface area contributed by atoms with Gasteiger partial charge in [-0.1, -0.05) is 24.3 Å². The van der Waals surface area contributed by atoms with Gasteiger partial charge in [0.2, 0.25) is 0 Å². The number of nitrogens with one attached hydrogen (secondary N) is 2. The first-order valence-electron chi connectivity index (χ1n) is 8.58. The first-order valence-corrected chi connectivity index (χ1v) is 8.58. The molecule has 2 atom stereocenters. The summed E-state index contributed by atoms with van der Waals surface area (Å²) < 4.78 is 32.1. The number of carbonyl (C=O) groups is 3. The summed E-state index contributed by atoms with van der Waals surface area (Å²) in [7, 11) is 0. The number of halogens is 2. The molecular formula is C20H20F2N2O4. The van der Waals surface area contributed by atoms with Crippen LogP contribution in [0, 0.1) is 11.6 Å². The number of hydrogen-bond acceptors (Lipinski definition) is 4. The van der Waals surface area contributed by atoms with E-state index in [4.69, 9.17) is 4.74 Å². The molecule has 0 radical (unpaired) electrons. The fraction of sp³-hybridized carbons (Fsp3) is 0.250. The molecule has 0 heterocycles. The maximum atomic E-state index is 13.6. The summed E-state index contributed by atoms with van der Waals surface area (Å²) in [5.74, 6) is -3.84. The van der Waals surface area contributed by atoms with E-state index in [2.05, 4.69) is 10.6 Å². The average Bonchev–Trinajstić information content (AvgIpc) is 2.65. The highest BCUT2D eigenvalue weighted by Crippen LogP contribution is 2.18. The van der Waals surface area contributed by atoms with Crippen molar-refractivity contribution >= 4 is 23.5 Å². The smallest absolute Gasteiger partial charge is 0.308 e. The van der Waals surface area contributed by atoms with Crippen LogP contribution in [0.3, 0.4) is 0 Å². The third-order valence-corrected chi connectivity index (χ3v) is 3.77. The Bertz CT molecular complexity index is 838. The van der Waals surface area contributed by atoms with Crippen molar-refractivity contribution in [1.29, 1.82) is 0 Å². The number of esters is 1. The highest BCUT2D eigenvalue weighted by atomic mass is 19.1. The van der Waals surface area contributed by atoms with Crippen molar-refractivity contribution in [2.45, 2.75) is 32.4 Å². The summed E-state index contributed by atoms with van der Waals surface area (Å²) >= 11 is 0. The van der Waals surface area contributed by atoms with Crippen LogP contribution >= 0.6 is 0 Å². The van der Waals surface area contributed by atoms with Crippen molar-refractivity contribution in [2.24, 2.45) is 0 Å². The van der Waals surface area contributed by atoms with Gasteiger partial charge in [-0.25, -0.2) is 8.78 Å². The predicted octanol–water partition coefficient (Wildman–Crippen LogP) is 3.04. The van der Waals surface area contributed by atoms with Gasteiger partial charge in [0.25, 0.3) is 11.8 Å². The number of hydrogen-bond donors (Lipinski definition) is 2. The highest BCUT2D eigenvalue weighted by Gasteiger charge is 2.22. The monoisotopic (exact) mass is 390 g/mol. The lowest BCUT2D eigenvalue weighted by Crippen LogP contribution is -2.36. The van der Waals surface area contributed by atoms with E-state index in [-0.39, 0.29) is 12.3 Å². The second-order valence-corrected chi connectivity index (χ2v) is 6.16. The van der Waals surface area contributed by atoms with Crippen molar-refractivity contribution in [2.75, 3.05) is 5.32 Å². The van der Waals surface area contributed by atoms with Crippen molar-refractivity contribution in [1.82, 2.24) is 5.32 Å². The molecule has 0 aromatic heterocycles. The van der Waals surface area contributed by atoms with Crippen LogP contribution < -0.4 is 10.6 Å². The van der Waals surface area contributed by atoms with E-state index >= 15 is 0 Å². The Labute approximate surface area is 160 Å². The van der Waals surface area contributed by atoms with E-state index in [9.17, 15) is 23.2 Å². The van der Waals surface area contributed by atoms with Gasteiger partial charge in [0.15, 0.2) is 6.10 Å². The second kappa shape index (κ2) is 9.59. The maximum Gasteiger partial charge on any atom is 0.308 e. The van der Waals surface area contributed by atoms with Crippen LogP contribution in [0.15, 0.2) is 48.5 Å². The minimum atomic E-state index is -1.27. The first-order chi connectivity index (χ1) is 13.3. The van der Waals surface area contributed by atoms with Gasteiger partial charge in [-0.05, 0) is 38.1 Å². The molecule has 0 aliphatic carbocycles. The van der Waals surface area contributed by atoms with Gasteiger partial charge in [-0.2, -0.15) is 0 Å². The van der Waals surface area contributed by atoms with Gasteiger partial charge in [-0.15, -0.1) is 0 Å². The van der Waals surface area contributed by atoms with Crippen molar-refractivity contribution < 1.29 is 27.9 Å². The molecule has 0 saturated heterocycles. The standard InChI is InChI=1S/C20H20F2N2O4/c1-12(23-20(27)14-7-4-3-5-8-14)11-17(25)28-13(2)19(26)24-18-15(21)9-6-10-16(18)22/h3-10,12-13H,11H2,1-2H3,(H,23,27)(H,24,26). The van der Waals surface area contributed by atoms with Crippen molar-refractivity contribution in [3.63, 3.8) is 0 Å². The fourth-order valence-corrected chi connectivity index (χ4v) is 2.34. The molecule has 8 heteroatoms. The SMILES string of the molecule is CC(CC(=O)OC(C)C(=O)Nc1c(F)cccc1F)NC(=O)c1ccccc1. The molecule has 0 spiro atoms. The Balaban J connectivity index is 1.84. The van der Waals surface area contributed by atoms with Crippen molar-refractivity contribution in [3.05, 3.63) is 65.7 Å². The normalized spacial score (nSPS) is 12.6. The quantitative estimate of drug-likeness (QED) is 0.712. The van der Waals surface area contributed by atoms with Crippen LogP contribution in [-0.2, 0) is 14.3 Å². The number of rotatable bonds is 7. The highest BCUT2D eigenvalue weighted by molar-refractivity contribution is 5.96. The van der Waals surface area contributed by atoms with E-state index in [0.29, 0.717) is 5.56 Å². The van der Waals surface area contributed by atoms with Gasteiger partial charge < -0.3 is 15.4 Å². The Hall–Kier alpha value is -3.29. The molecule has 2 unspecified atom stereocenters. The van der Waals surface area contributed by atoms with Gasteiger partial charge in [-0.3, -0.25) is 14.4 Å². The van der Waals surface area contributed by atoms with Gasteiger partial charge in [0.05, 0.1) is 6.42 Å². The number of amides is 2. The Morgan fingerprint density at radius 2 is 1.57 bits per heavy atom. The van der Waals surface area contributed by atoms with Crippen LogP contribution in [0.5, 0.6) is 0 Å².